The van der Waals surface area contributed by atoms with E-state index in [9.17, 15) is 4.79 Å². The maximum atomic E-state index is 10.8. The van der Waals surface area contributed by atoms with E-state index in [-0.39, 0.29) is 6.61 Å². The third-order valence-electron chi connectivity index (χ3n) is 5.39. The maximum absolute atomic E-state index is 10.8. The monoisotopic (exact) mass is 518 g/mol. The van der Waals surface area contributed by atoms with Crippen molar-refractivity contribution in [2.75, 3.05) is 85.9 Å². The van der Waals surface area contributed by atoms with Crippen LogP contribution in [-0.4, -0.2) is 91.9 Å². The molecule has 8 heteroatoms. The molecule has 0 aromatic rings. The largest absolute Gasteiger partial charge is 0.460 e. The molecule has 0 saturated carbocycles. The minimum Gasteiger partial charge on any atom is -0.460 e. The Hall–Kier alpha value is -1.03. The van der Waals surface area contributed by atoms with Crippen molar-refractivity contribution in [3.63, 3.8) is 0 Å². The summed E-state index contributed by atoms with van der Waals surface area (Å²) in [6, 6.07) is 0. The lowest BCUT2D eigenvalue weighted by atomic mass is 10.1. The van der Waals surface area contributed by atoms with E-state index in [0.717, 1.165) is 19.1 Å². The second-order valence-corrected chi connectivity index (χ2v) is 8.58. The van der Waals surface area contributed by atoms with Gasteiger partial charge in [-0.2, -0.15) is 0 Å². The smallest absolute Gasteiger partial charge is 0.330 e. The van der Waals surface area contributed by atoms with E-state index >= 15 is 0 Å². The number of unbranched alkanes of at least 4 members (excludes halogenated alkanes) is 10. The summed E-state index contributed by atoms with van der Waals surface area (Å²) in [5.74, 6) is -0.446. The Labute approximate surface area is 220 Å². The highest BCUT2D eigenvalue weighted by atomic mass is 16.6. The number of carbonyl (C=O) groups excluding carboxylic acids is 1. The van der Waals surface area contributed by atoms with Crippen LogP contribution in [-0.2, 0) is 38.0 Å². The van der Waals surface area contributed by atoms with E-state index in [4.69, 9.17) is 33.2 Å². The Balaban J connectivity index is 3.03. The first-order valence-corrected chi connectivity index (χ1v) is 14.1. The van der Waals surface area contributed by atoms with Gasteiger partial charge >= 0.3 is 5.97 Å². The molecule has 0 heterocycles. The lowest BCUT2D eigenvalue weighted by Crippen LogP contribution is -2.15. The van der Waals surface area contributed by atoms with Gasteiger partial charge in [0.05, 0.1) is 72.7 Å². The van der Waals surface area contributed by atoms with Crippen LogP contribution in [0.4, 0.5) is 0 Å². The van der Waals surface area contributed by atoms with Crippen LogP contribution in [0.5, 0.6) is 0 Å². The number of carbonyl (C=O) groups is 1. The molecule has 0 spiro atoms. The van der Waals surface area contributed by atoms with Crippen LogP contribution in [0.15, 0.2) is 12.7 Å². The van der Waals surface area contributed by atoms with E-state index in [0.29, 0.717) is 72.7 Å². The average molecular weight is 519 g/mol. The molecule has 0 fully saturated rings. The number of hydrogen-bond acceptors (Lipinski definition) is 8. The molecule has 0 aliphatic heterocycles. The van der Waals surface area contributed by atoms with E-state index in [1.807, 2.05) is 0 Å². The predicted molar refractivity (Wildman–Crippen MR) is 143 cm³/mol. The maximum Gasteiger partial charge on any atom is 0.330 e. The Morgan fingerprint density at radius 2 is 0.778 bits per heavy atom. The molecule has 0 N–H and O–H groups in total. The average Bonchev–Trinajstić information content (AvgIpc) is 2.89. The zero-order chi connectivity index (χ0) is 26.2. The molecule has 0 radical (unpaired) electrons. The summed E-state index contributed by atoms with van der Waals surface area (Å²) in [4.78, 5) is 10.8. The molecule has 8 nitrogen and oxygen atoms in total. The van der Waals surface area contributed by atoms with Crippen LogP contribution in [0.3, 0.4) is 0 Å². The summed E-state index contributed by atoms with van der Waals surface area (Å²) in [5.41, 5.74) is 0. The normalized spacial score (nSPS) is 11.1. The standard InChI is InChI=1S/C28H54O8/c1-3-5-6-7-8-9-10-11-12-13-14-15-30-16-17-31-18-19-32-20-21-33-22-23-34-24-25-35-26-27-36-28(29)4-2/h4H,2-3,5-27H2,1H3. The quantitative estimate of drug-likeness (QED) is 0.0710. The van der Waals surface area contributed by atoms with Gasteiger partial charge in [0.1, 0.15) is 6.61 Å². The number of ether oxygens (including phenoxy) is 7. The summed E-state index contributed by atoms with van der Waals surface area (Å²) < 4.78 is 37.5. The van der Waals surface area contributed by atoms with Crippen molar-refractivity contribution >= 4 is 5.97 Å². The van der Waals surface area contributed by atoms with Crippen molar-refractivity contribution in [1.29, 1.82) is 0 Å². The second-order valence-electron chi connectivity index (χ2n) is 8.58. The molecule has 0 amide bonds. The zero-order valence-corrected chi connectivity index (χ0v) is 23.0. The first-order valence-electron chi connectivity index (χ1n) is 14.1. The first kappa shape index (κ1) is 35.0. The van der Waals surface area contributed by atoms with Crippen LogP contribution < -0.4 is 0 Å². The van der Waals surface area contributed by atoms with Crippen LogP contribution in [0, 0.1) is 0 Å². The molecule has 36 heavy (non-hydrogen) atoms. The van der Waals surface area contributed by atoms with Crippen molar-refractivity contribution in [3.8, 4) is 0 Å². The number of rotatable bonds is 31. The number of hydrogen-bond donors (Lipinski definition) is 0. The highest BCUT2D eigenvalue weighted by Gasteiger charge is 1.97. The summed E-state index contributed by atoms with van der Waals surface area (Å²) in [5, 5.41) is 0. The topological polar surface area (TPSA) is 81.7 Å². The summed E-state index contributed by atoms with van der Waals surface area (Å²) in [6.45, 7) is 12.3. The van der Waals surface area contributed by atoms with Gasteiger partial charge in [-0.05, 0) is 6.42 Å². The van der Waals surface area contributed by atoms with Gasteiger partial charge in [0.25, 0.3) is 0 Å². The molecule has 0 bridgehead atoms. The van der Waals surface area contributed by atoms with Gasteiger partial charge in [0, 0.05) is 12.7 Å². The fourth-order valence-corrected chi connectivity index (χ4v) is 3.33. The van der Waals surface area contributed by atoms with E-state index < -0.39 is 5.97 Å². The fourth-order valence-electron chi connectivity index (χ4n) is 3.33. The molecular weight excluding hydrogens is 464 g/mol. The molecule has 0 aliphatic carbocycles. The van der Waals surface area contributed by atoms with E-state index in [1.165, 1.54) is 64.2 Å². The third kappa shape index (κ3) is 31.0. The van der Waals surface area contributed by atoms with Crippen LogP contribution in [0.2, 0.25) is 0 Å². The van der Waals surface area contributed by atoms with Crippen molar-refractivity contribution in [1.82, 2.24) is 0 Å². The minimum absolute atomic E-state index is 0.215. The van der Waals surface area contributed by atoms with Gasteiger partial charge in [0.15, 0.2) is 0 Å². The fraction of sp³-hybridized carbons (Fsp3) is 0.893. The van der Waals surface area contributed by atoms with Crippen molar-refractivity contribution in [2.24, 2.45) is 0 Å². The Morgan fingerprint density at radius 1 is 0.472 bits per heavy atom. The molecule has 0 aliphatic rings. The minimum atomic E-state index is -0.446. The van der Waals surface area contributed by atoms with E-state index in [1.54, 1.807) is 0 Å². The van der Waals surface area contributed by atoms with E-state index in [2.05, 4.69) is 13.5 Å². The molecule has 0 aromatic heterocycles. The SMILES string of the molecule is C=CC(=O)OCCOCCOCCOCCOCCOCCOCCCCCCCCCCCCC. The van der Waals surface area contributed by atoms with Gasteiger partial charge in [0.2, 0.25) is 0 Å². The first-order chi connectivity index (χ1) is 17.8. The van der Waals surface area contributed by atoms with Crippen LogP contribution in [0.25, 0.3) is 0 Å². The molecule has 0 saturated heterocycles. The molecule has 0 aromatic carbocycles. The lowest BCUT2D eigenvalue weighted by Gasteiger charge is -2.08. The molecular formula is C28H54O8. The Morgan fingerprint density at radius 3 is 1.14 bits per heavy atom. The van der Waals surface area contributed by atoms with Crippen LogP contribution >= 0.6 is 0 Å². The molecule has 0 unspecified atom stereocenters. The molecule has 0 rings (SSSR count). The Kier molecular flexibility index (Phi) is 31.1. The second kappa shape index (κ2) is 32.0. The van der Waals surface area contributed by atoms with Crippen molar-refractivity contribution in [3.05, 3.63) is 12.7 Å². The van der Waals surface area contributed by atoms with Crippen molar-refractivity contribution < 1.29 is 38.0 Å². The highest BCUT2D eigenvalue weighted by Crippen LogP contribution is 2.11. The molecule has 0 atom stereocenters. The highest BCUT2D eigenvalue weighted by molar-refractivity contribution is 5.81. The number of esters is 1. The van der Waals surface area contributed by atoms with Crippen molar-refractivity contribution in [2.45, 2.75) is 77.6 Å². The van der Waals surface area contributed by atoms with Gasteiger partial charge in [-0.3, -0.25) is 0 Å². The zero-order valence-electron chi connectivity index (χ0n) is 23.0. The molecule has 214 valence electrons. The lowest BCUT2D eigenvalue weighted by molar-refractivity contribution is -0.139. The Bertz CT molecular complexity index is 447. The summed E-state index contributed by atoms with van der Waals surface area (Å²) >= 11 is 0. The van der Waals surface area contributed by atoms with Gasteiger partial charge in [-0.1, -0.05) is 77.7 Å². The van der Waals surface area contributed by atoms with Gasteiger partial charge < -0.3 is 33.2 Å². The summed E-state index contributed by atoms with van der Waals surface area (Å²) in [7, 11) is 0. The van der Waals surface area contributed by atoms with Gasteiger partial charge in [-0.15, -0.1) is 0 Å². The predicted octanol–water partition coefficient (Wildman–Crippen LogP) is 5.13. The van der Waals surface area contributed by atoms with Crippen LogP contribution in [0.1, 0.15) is 77.6 Å². The van der Waals surface area contributed by atoms with Gasteiger partial charge in [-0.25, -0.2) is 4.79 Å². The summed E-state index contributed by atoms with van der Waals surface area (Å²) in [6.07, 6.45) is 16.0. The third-order valence-corrected chi connectivity index (χ3v) is 5.39.